The fourth-order valence-electron chi connectivity index (χ4n) is 2.86. The molecule has 0 unspecified atom stereocenters. The van der Waals surface area contributed by atoms with Crippen LogP contribution in [0.5, 0.6) is 0 Å². The maximum absolute atomic E-state index is 10.3. The lowest BCUT2D eigenvalue weighted by Crippen LogP contribution is -2.35. The van der Waals surface area contributed by atoms with Gasteiger partial charge in [-0.25, -0.2) is 4.40 Å². The number of rotatable bonds is 4. The van der Waals surface area contributed by atoms with Crippen molar-refractivity contribution in [3.8, 4) is 0 Å². The third-order valence-electron chi connectivity index (χ3n) is 4.21. The summed E-state index contributed by atoms with van der Waals surface area (Å²) in [6, 6.07) is 5.81. The van der Waals surface area contributed by atoms with Gasteiger partial charge in [-0.1, -0.05) is 11.6 Å². The molecule has 0 spiro atoms. The predicted molar refractivity (Wildman–Crippen MR) is 86.7 cm³/mol. The van der Waals surface area contributed by atoms with Crippen molar-refractivity contribution in [2.75, 3.05) is 6.61 Å². The van der Waals surface area contributed by atoms with Crippen molar-refractivity contribution in [2.24, 2.45) is 0 Å². The Balaban J connectivity index is 1.97. The van der Waals surface area contributed by atoms with Crippen molar-refractivity contribution in [3.63, 3.8) is 0 Å². The number of H-pyrrole nitrogens is 1. The molecule has 0 aliphatic carbocycles. The Morgan fingerprint density at radius 3 is 2.64 bits per heavy atom. The smallest absolute Gasteiger partial charge is 0.275 e. The Morgan fingerprint density at radius 1 is 1.12 bits per heavy atom. The number of aryl methyl sites for hydroxylation is 1. The summed E-state index contributed by atoms with van der Waals surface area (Å²) >= 11 is 0. The second-order valence-electron chi connectivity index (χ2n) is 5.95. The molecule has 25 heavy (non-hydrogen) atoms. The van der Waals surface area contributed by atoms with Gasteiger partial charge in [0.2, 0.25) is 0 Å². The minimum Gasteiger partial charge on any atom is -0.394 e. The number of fused-ring (bicyclic) bond motifs is 5. The predicted octanol–water partition coefficient (Wildman–Crippen LogP) is -0.790. The van der Waals surface area contributed by atoms with Gasteiger partial charge in [0.25, 0.3) is 5.78 Å². The molecule has 0 bridgehead atoms. The Hall–Kier alpha value is -2.66. The molecular weight excluding hydrogens is 328 g/mol. The van der Waals surface area contributed by atoms with E-state index < -0.39 is 24.9 Å². The van der Waals surface area contributed by atoms with E-state index in [2.05, 4.69) is 25.4 Å². The molecule has 3 atom stereocenters. The van der Waals surface area contributed by atoms with E-state index in [1.165, 1.54) is 4.40 Å². The van der Waals surface area contributed by atoms with E-state index in [-0.39, 0.29) is 11.6 Å². The zero-order valence-corrected chi connectivity index (χ0v) is 13.2. The molecule has 3 heterocycles. The van der Waals surface area contributed by atoms with Crippen molar-refractivity contribution in [1.29, 1.82) is 0 Å². The van der Waals surface area contributed by atoms with Crippen LogP contribution in [0.4, 0.5) is 0 Å². The highest BCUT2D eigenvalue weighted by Crippen LogP contribution is 2.27. The van der Waals surface area contributed by atoms with Gasteiger partial charge in [0.15, 0.2) is 5.82 Å². The first-order valence-corrected chi connectivity index (χ1v) is 7.66. The summed E-state index contributed by atoms with van der Waals surface area (Å²) in [5.41, 5.74) is 2.96. The molecule has 4 rings (SSSR count). The first-order valence-electron chi connectivity index (χ1n) is 7.66. The fraction of sp³-hybridized carbons (Fsp3) is 0.333. The number of aliphatic hydroxyl groups is 4. The first kappa shape index (κ1) is 15.8. The van der Waals surface area contributed by atoms with Crippen LogP contribution < -0.4 is 0 Å². The molecule has 5 N–H and O–H groups in total. The van der Waals surface area contributed by atoms with Crippen LogP contribution in [0, 0.1) is 6.92 Å². The number of hydrogen-bond acceptors (Lipinski definition) is 8. The molecule has 0 fully saturated rings. The van der Waals surface area contributed by atoms with Crippen molar-refractivity contribution in [1.82, 2.24) is 29.8 Å². The summed E-state index contributed by atoms with van der Waals surface area (Å²) in [5.74, 6) is 0.119. The zero-order valence-electron chi connectivity index (χ0n) is 13.2. The molecule has 1 aromatic carbocycles. The summed E-state index contributed by atoms with van der Waals surface area (Å²) in [4.78, 5) is 3.19. The average Bonchev–Trinajstić information content (AvgIpc) is 3.20. The van der Waals surface area contributed by atoms with Gasteiger partial charge < -0.3 is 25.4 Å². The van der Waals surface area contributed by atoms with E-state index in [1.54, 1.807) is 0 Å². The minimum atomic E-state index is -1.63. The molecule has 0 saturated heterocycles. The first-order chi connectivity index (χ1) is 12.0. The molecular formula is C15H16N6O4. The number of nitrogens with one attached hydrogen (secondary N) is 1. The summed E-state index contributed by atoms with van der Waals surface area (Å²) in [5, 5.41) is 55.6. The molecule has 0 amide bonds. The van der Waals surface area contributed by atoms with Crippen LogP contribution in [0.3, 0.4) is 0 Å². The fourth-order valence-corrected chi connectivity index (χ4v) is 2.86. The number of hydrogen-bond donors (Lipinski definition) is 5. The number of nitrogens with zero attached hydrogens (tertiary/aromatic N) is 5. The van der Waals surface area contributed by atoms with E-state index >= 15 is 0 Å². The SMILES string of the molecule is Cc1ccc2[nH]c3c(nnc4nnc([C@@H](O)[C@@H](O)[C@@H](O)CO)n43)c2c1. The van der Waals surface area contributed by atoms with Crippen molar-refractivity contribution in [2.45, 2.75) is 25.2 Å². The molecule has 3 aromatic heterocycles. The number of aromatic nitrogens is 6. The van der Waals surface area contributed by atoms with Gasteiger partial charge >= 0.3 is 0 Å². The quantitative estimate of drug-likeness (QED) is 0.323. The molecule has 0 radical (unpaired) electrons. The van der Waals surface area contributed by atoms with Gasteiger partial charge in [0.1, 0.15) is 29.5 Å². The Bertz CT molecular complexity index is 1070. The highest BCUT2D eigenvalue weighted by Gasteiger charge is 2.30. The molecule has 0 aliphatic rings. The maximum atomic E-state index is 10.3. The van der Waals surface area contributed by atoms with Crippen LogP contribution in [-0.4, -0.2) is 69.0 Å². The van der Waals surface area contributed by atoms with Gasteiger partial charge in [0.05, 0.1) is 6.61 Å². The second-order valence-corrected chi connectivity index (χ2v) is 5.95. The lowest BCUT2D eigenvalue weighted by atomic mass is 10.1. The zero-order chi connectivity index (χ0) is 17.7. The van der Waals surface area contributed by atoms with Crippen LogP contribution in [0.2, 0.25) is 0 Å². The van der Waals surface area contributed by atoms with Crippen LogP contribution in [0.15, 0.2) is 18.2 Å². The van der Waals surface area contributed by atoms with Crippen LogP contribution in [-0.2, 0) is 0 Å². The minimum absolute atomic E-state index is 0.0156. The normalized spacial score (nSPS) is 15.9. The number of aliphatic hydroxyl groups excluding tert-OH is 4. The highest BCUT2D eigenvalue weighted by atomic mass is 16.4. The lowest BCUT2D eigenvalue weighted by molar-refractivity contribution is -0.0805. The molecule has 4 aromatic rings. The average molecular weight is 344 g/mol. The molecule has 0 aliphatic heterocycles. The van der Waals surface area contributed by atoms with Gasteiger partial charge in [-0.15, -0.1) is 20.4 Å². The van der Waals surface area contributed by atoms with E-state index in [0.29, 0.717) is 11.2 Å². The molecule has 10 nitrogen and oxygen atoms in total. The van der Waals surface area contributed by atoms with Crippen LogP contribution in [0.25, 0.3) is 27.8 Å². The van der Waals surface area contributed by atoms with E-state index in [0.717, 1.165) is 16.5 Å². The lowest BCUT2D eigenvalue weighted by Gasteiger charge is -2.20. The summed E-state index contributed by atoms with van der Waals surface area (Å²) in [6.45, 7) is 1.26. The summed E-state index contributed by atoms with van der Waals surface area (Å²) in [7, 11) is 0. The summed E-state index contributed by atoms with van der Waals surface area (Å²) in [6.07, 6.45) is -4.72. The topological polar surface area (TPSA) is 153 Å². The standard InChI is InChI=1S/C15H16N6O4/c1-6-2-3-8-7(4-6)10-13(16-8)21-14(18-20-15(21)19-17-10)12(25)11(24)9(23)5-22/h2-4,9,11-12,16,22-25H,5H2,1H3/t9-,11-,12-/m0/s1. The van der Waals surface area contributed by atoms with E-state index in [4.69, 9.17) is 5.11 Å². The Kier molecular flexibility index (Phi) is 3.62. The van der Waals surface area contributed by atoms with Gasteiger partial charge in [-0.2, -0.15) is 0 Å². The molecule has 130 valence electrons. The van der Waals surface area contributed by atoms with Gasteiger partial charge in [0, 0.05) is 10.9 Å². The van der Waals surface area contributed by atoms with Crippen LogP contribution in [0.1, 0.15) is 17.5 Å². The molecule has 0 saturated carbocycles. The third-order valence-corrected chi connectivity index (χ3v) is 4.21. The Labute approximate surface area is 140 Å². The maximum Gasteiger partial charge on any atom is 0.275 e. The van der Waals surface area contributed by atoms with E-state index in [9.17, 15) is 15.3 Å². The Morgan fingerprint density at radius 2 is 1.88 bits per heavy atom. The van der Waals surface area contributed by atoms with Crippen molar-refractivity contribution < 1.29 is 20.4 Å². The van der Waals surface area contributed by atoms with Gasteiger partial charge in [-0.3, -0.25) is 0 Å². The summed E-state index contributed by atoms with van der Waals surface area (Å²) < 4.78 is 1.44. The third kappa shape index (κ3) is 2.35. The van der Waals surface area contributed by atoms with Gasteiger partial charge in [-0.05, 0) is 19.1 Å². The second kappa shape index (κ2) is 5.70. The number of benzene rings is 1. The largest absolute Gasteiger partial charge is 0.394 e. The van der Waals surface area contributed by atoms with E-state index in [1.807, 2.05) is 25.1 Å². The highest BCUT2D eigenvalue weighted by molar-refractivity contribution is 6.04. The number of aromatic amines is 1. The molecule has 10 heteroatoms. The monoisotopic (exact) mass is 344 g/mol. The van der Waals surface area contributed by atoms with Crippen molar-refractivity contribution in [3.05, 3.63) is 29.6 Å². The van der Waals surface area contributed by atoms with Crippen molar-refractivity contribution >= 4 is 27.8 Å². The van der Waals surface area contributed by atoms with Crippen LogP contribution >= 0.6 is 0 Å².